The number of likely N-dealkylation sites (tertiary alicyclic amines) is 1. The minimum Gasteiger partial charge on any atom is -0.397 e. The highest BCUT2D eigenvalue weighted by Crippen LogP contribution is 2.23. The SMILES string of the molecule is CC(C(=O)Nc1ccc(Cl)c(N)c1)N1CCC(CO)CC1. The first-order valence-electron chi connectivity index (χ1n) is 7.22. The topological polar surface area (TPSA) is 78.6 Å². The zero-order valence-electron chi connectivity index (χ0n) is 12.2. The molecule has 0 aromatic heterocycles. The van der Waals surface area contributed by atoms with Crippen LogP contribution in [0.3, 0.4) is 0 Å². The Bertz CT molecular complexity index is 502. The van der Waals surface area contributed by atoms with Gasteiger partial charge in [-0.05, 0) is 57.0 Å². The van der Waals surface area contributed by atoms with Gasteiger partial charge in [0.25, 0.3) is 0 Å². The lowest BCUT2D eigenvalue weighted by molar-refractivity contribution is -0.121. The predicted octanol–water partition coefficient (Wildman–Crippen LogP) is 1.95. The molecule has 0 bridgehead atoms. The molecule has 1 fully saturated rings. The van der Waals surface area contributed by atoms with Crippen molar-refractivity contribution >= 4 is 28.9 Å². The number of aliphatic hydroxyl groups is 1. The number of hydrogen-bond donors (Lipinski definition) is 3. The van der Waals surface area contributed by atoms with Crippen molar-refractivity contribution in [2.75, 3.05) is 30.7 Å². The fraction of sp³-hybridized carbons (Fsp3) is 0.533. The van der Waals surface area contributed by atoms with Gasteiger partial charge in [-0.25, -0.2) is 0 Å². The third kappa shape index (κ3) is 4.09. The first-order chi connectivity index (χ1) is 10.0. The second-order valence-corrected chi connectivity index (χ2v) is 5.97. The van der Waals surface area contributed by atoms with E-state index in [4.69, 9.17) is 22.4 Å². The summed E-state index contributed by atoms with van der Waals surface area (Å²) in [5, 5.41) is 12.5. The van der Waals surface area contributed by atoms with Crippen molar-refractivity contribution in [3.8, 4) is 0 Å². The molecule has 0 spiro atoms. The standard InChI is InChI=1S/C15H22ClN3O2/c1-10(19-6-4-11(9-20)5-7-19)15(21)18-12-2-3-13(16)14(17)8-12/h2-3,8,10-11,20H,4-7,9,17H2,1H3,(H,18,21). The average molecular weight is 312 g/mol. The van der Waals surface area contributed by atoms with Crippen LogP contribution in [0.4, 0.5) is 11.4 Å². The molecule has 116 valence electrons. The fourth-order valence-electron chi connectivity index (χ4n) is 2.56. The van der Waals surface area contributed by atoms with E-state index in [9.17, 15) is 4.79 Å². The molecule has 1 heterocycles. The van der Waals surface area contributed by atoms with Gasteiger partial charge in [0, 0.05) is 12.3 Å². The quantitative estimate of drug-likeness (QED) is 0.743. The lowest BCUT2D eigenvalue weighted by atomic mass is 9.97. The van der Waals surface area contributed by atoms with Crippen LogP contribution in [0.2, 0.25) is 5.02 Å². The monoisotopic (exact) mass is 311 g/mol. The summed E-state index contributed by atoms with van der Waals surface area (Å²) in [6.07, 6.45) is 1.87. The van der Waals surface area contributed by atoms with E-state index in [2.05, 4.69) is 10.2 Å². The highest BCUT2D eigenvalue weighted by Gasteiger charge is 2.26. The smallest absolute Gasteiger partial charge is 0.241 e. The number of nitrogens with one attached hydrogen (secondary N) is 1. The van der Waals surface area contributed by atoms with Gasteiger partial charge >= 0.3 is 0 Å². The van der Waals surface area contributed by atoms with Crippen LogP contribution >= 0.6 is 11.6 Å². The molecule has 1 aliphatic heterocycles. The summed E-state index contributed by atoms with van der Waals surface area (Å²) in [5.74, 6) is 0.312. The van der Waals surface area contributed by atoms with E-state index in [1.807, 2.05) is 6.92 Å². The van der Waals surface area contributed by atoms with Crippen molar-refractivity contribution in [1.82, 2.24) is 4.90 Å². The van der Waals surface area contributed by atoms with Gasteiger partial charge in [0.1, 0.15) is 0 Å². The second-order valence-electron chi connectivity index (χ2n) is 5.56. The number of anilines is 2. The van der Waals surface area contributed by atoms with Gasteiger partial charge in [-0.1, -0.05) is 11.6 Å². The van der Waals surface area contributed by atoms with Crippen LogP contribution in [0, 0.1) is 5.92 Å². The highest BCUT2D eigenvalue weighted by atomic mass is 35.5. The van der Waals surface area contributed by atoms with Gasteiger partial charge in [0.15, 0.2) is 0 Å². The minimum atomic E-state index is -0.207. The summed E-state index contributed by atoms with van der Waals surface area (Å²) < 4.78 is 0. The lowest BCUT2D eigenvalue weighted by Gasteiger charge is -2.34. The summed E-state index contributed by atoms with van der Waals surface area (Å²) >= 11 is 5.86. The normalized spacial score (nSPS) is 18.4. The molecule has 5 nitrogen and oxygen atoms in total. The van der Waals surface area contributed by atoms with Gasteiger partial charge in [-0.15, -0.1) is 0 Å². The maximum Gasteiger partial charge on any atom is 0.241 e. The zero-order chi connectivity index (χ0) is 15.4. The van der Waals surface area contributed by atoms with E-state index >= 15 is 0 Å². The number of carbonyl (C=O) groups excluding carboxylic acids is 1. The highest BCUT2D eigenvalue weighted by molar-refractivity contribution is 6.33. The molecule has 1 unspecified atom stereocenters. The van der Waals surface area contributed by atoms with Crippen LogP contribution < -0.4 is 11.1 Å². The Labute approximate surface area is 130 Å². The number of amides is 1. The first-order valence-corrected chi connectivity index (χ1v) is 7.60. The molecule has 1 aromatic carbocycles. The van der Waals surface area contributed by atoms with Gasteiger partial charge in [0.2, 0.25) is 5.91 Å². The second kappa shape index (κ2) is 7.11. The maximum absolute atomic E-state index is 12.3. The molecule has 0 saturated carbocycles. The molecule has 1 atom stereocenters. The fourth-order valence-corrected chi connectivity index (χ4v) is 2.67. The van der Waals surface area contributed by atoms with E-state index in [1.54, 1.807) is 18.2 Å². The molecule has 6 heteroatoms. The number of carbonyl (C=O) groups is 1. The van der Waals surface area contributed by atoms with Gasteiger partial charge < -0.3 is 16.2 Å². The van der Waals surface area contributed by atoms with Gasteiger partial charge in [-0.3, -0.25) is 9.69 Å². The van der Waals surface area contributed by atoms with Crippen LogP contribution in [-0.2, 0) is 4.79 Å². The number of benzene rings is 1. The van der Waals surface area contributed by atoms with Gasteiger partial charge in [0.05, 0.1) is 16.8 Å². The predicted molar refractivity (Wildman–Crippen MR) is 85.3 cm³/mol. The Hall–Kier alpha value is -1.30. The Kier molecular flexibility index (Phi) is 5.45. The van der Waals surface area contributed by atoms with E-state index in [0.29, 0.717) is 22.3 Å². The Morgan fingerprint density at radius 3 is 2.76 bits per heavy atom. The van der Waals surface area contributed by atoms with Crippen LogP contribution in [0.1, 0.15) is 19.8 Å². The molecule has 2 rings (SSSR count). The molecule has 4 N–H and O–H groups in total. The third-order valence-electron chi connectivity index (χ3n) is 4.10. The molecule has 1 saturated heterocycles. The van der Waals surface area contributed by atoms with Crippen molar-refractivity contribution in [2.24, 2.45) is 5.92 Å². The van der Waals surface area contributed by atoms with Crippen molar-refractivity contribution in [2.45, 2.75) is 25.8 Å². The van der Waals surface area contributed by atoms with Crippen molar-refractivity contribution < 1.29 is 9.90 Å². The molecule has 0 radical (unpaired) electrons. The van der Waals surface area contributed by atoms with E-state index in [-0.39, 0.29) is 18.6 Å². The lowest BCUT2D eigenvalue weighted by Crippen LogP contribution is -2.46. The largest absolute Gasteiger partial charge is 0.397 e. The zero-order valence-corrected chi connectivity index (χ0v) is 12.9. The number of halogens is 1. The molecule has 1 aromatic rings. The van der Waals surface area contributed by atoms with Crippen molar-refractivity contribution in [3.05, 3.63) is 23.2 Å². The number of rotatable bonds is 4. The minimum absolute atomic E-state index is 0.0563. The summed E-state index contributed by atoms with van der Waals surface area (Å²) in [6.45, 7) is 3.80. The van der Waals surface area contributed by atoms with E-state index in [0.717, 1.165) is 25.9 Å². The number of hydrogen-bond acceptors (Lipinski definition) is 4. The van der Waals surface area contributed by atoms with Crippen LogP contribution in [0.25, 0.3) is 0 Å². The number of nitrogens with zero attached hydrogens (tertiary/aromatic N) is 1. The number of aliphatic hydroxyl groups excluding tert-OH is 1. The molecule has 1 aliphatic rings. The third-order valence-corrected chi connectivity index (χ3v) is 4.44. The van der Waals surface area contributed by atoms with Crippen molar-refractivity contribution in [1.29, 1.82) is 0 Å². The maximum atomic E-state index is 12.3. The van der Waals surface area contributed by atoms with E-state index < -0.39 is 0 Å². The summed E-state index contributed by atoms with van der Waals surface area (Å²) in [4.78, 5) is 14.4. The molecule has 21 heavy (non-hydrogen) atoms. The Morgan fingerprint density at radius 2 is 2.19 bits per heavy atom. The Balaban J connectivity index is 1.92. The van der Waals surface area contributed by atoms with Crippen molar-refractivity contribution in [3.63, 3.8) is 0 Å². The van der Waals surface area contributed by atoms with Gasteiger partial charge in [-0.2, -0.15) is 0 Å². The molecular weight excluding hydrogens is 290 g/mol. The molecular formula is C15H22ClN3O2. The summed E-state index contributed by atoms with van der Waals surface area (Å²) in [7, 11) is 0. The van der Waals surface area contributed by atoms with Crippen LogP contribution in [0.15, 0.2) is 18.2 Å². The van der Waals surface area contributed by atoms with E-state index in [1.165, 1.54) is 0 Å². The average Bonchev–Trinajstić information content (AvgIpc) is 2.50. The Morgan fingerprint density at radius 1 is 1.52 bits per heavy atom. The number of nitrogens with two attached hydrogens (primary N) is 1. The number of piperidine rings is 1. The molecule has 0 aliphatic carbocycles. The number of nitrogen functional groups attached to an aromatic ring is 1. The first kappa shape index (κ1) is 16.1. The van der Waals surface area contributed by atoms with Crippen LogP contribution in [0.5, 0.6) is 0 Å². The summed E-state index contributed by atoms with van der Waals surface area (Å²) in [5.41, 5.74) is 6.83. The molecule has 1 amide bonds. The summed E-state index contributed by atoms with van der Waals surface area (Å²) in [6, 6.07) is 4.86. The van der Waals surface area contributed by atoms with Crippen LogP contribution in [-0.4, -0.2) is 41.7 Å².